The number of ketones is 1. The van der Waals surface area contributed by atoms with Crippen LogP contribution in [-0.4, -0.2) is 31.9 Å². The highest BCUT2D eigenvalue weighted by molar-refractivity contribution is 6.99. The topological polar surface area (TPSA) is 46.5 Å². The van der Waals surface area contributed by atoms with Crippen molar-refractivity contribution < 1.29 is 14.3 Å². The van der Waals surface area contributed by atoms with Gasteiger partial charge in [0.25, 0.3) is 8.32 Å². The predicted molar refractivity (Wildman–Crippen MR) is 174 cm³/mol. The molecule has 0 heterocycles. The van der Waals surface area contributed by atoms with Gasteiger partial charge in [-0.15, -0.1) is 0 Å². The van der Waals surface area contributed by atoms with Gasteiger partial charge in [-0.1, -0.05) is 125 Å². The van der Waals surface area contributed by atoms with E-state index in [4.69, 9.17) is 4.43 Å². The Hall–Kier alpha value is -2.27. The van der Waals surface area contributed by atoms with Crippen LogP contribution in [0.3, 0.4) is 0 Å². The van der Waals surface area contributed by atoms with E-state index >= 15 is 0 Å². The van der Waals surface area contributed by atoms with Crippen LogP contribution >= 0.6 is 0 Å². The number of benzene rings is 2. The molecule has 1 N–H and O–H groups in total. The lowest BCUT2D eigenvalue weighted by Crippen LogP contribution is -2.66. The third-order valence-corrected chi connectivity index (χ3v) is 14.4. The van der Waals surface area contributed by atoms with E-state index in [2.05, 4.69) is 94.4 Å². The zero-order valence-electron chi connectivity index (χ0n) is 25.9. The lowest BCUT2D eigenvalue weighted by atomic mass is 9.88. The summed E-state index contributed by atoms with van der Waals surface area (Å²) in [5.74, 6) is 1.24. The van der Waals surface area contributed by atoms with Crippen LogP contribution in [0.5, 0.6) is 0 Å². The van der Waals surface area contributed by atoms with Crippen LogP contribution in [0.15, 0.2) is 84.5 Å². The SMILES string of the molecule is CCCCCC(=O)/C=C/[C@@H]1[C@H]2CC(CCCCCO[Si](c3ccccc3)(c3ccccc3)C(C)(C)C)=C[C@H]2C[C@H]1O. The summed E-state index contributed by atoms with van der Waals surface area (Å²) in [6.45, 7) is 9.95. The Balaban J connectivity index is 1.28. The predicted octanol–water partition coefficient (Wildman–Crippen LogP) is 7.77. The van der Waals surface area contributed by atoms with E-state index in [0.717, 1.165) is 58.0 Å². The van der Waals surface area contributed by atoms with Crippen molar-refractivity contribution in [1.82, 2.24) is 0 Å². The zero-order chi connectivity index (χ0) is 29.3. The molecule has 0 spiro atoms. The average molecular weight is 573 g/mol. The molecule has 1 fully saturated rings. The average Bonchev–Trinajstić information content (AvgIpc) is 3.48. The van der Waals surface area contributed by atoms with E-state index in [0.29, 0.717) is 18.3 Å². The summed E-state index contributed by atoms with van der Waals surface area (Å²) in [6, 6.07) is 21.8. The first-order valence-electron chi connectivity index (χ1n) is 16.1. The molecule has 4 atom stereocenters. The first kappa shape index (κ1) is 31.7. The van der Waals surface area contributed by atoms with Crippen molar-refractivity contribution in [2.45, 2.75) is 103 Å². The Bertz CT molecular complexity index is 1110. The largest absolute Gasteiger partial charge is 0.407 e. The van der Waals surface area contributed by atoms with Gasteiger partial charge in [-0.05, 0) is 71.8 Å². The van der Waals surface area contributed by atoms with Gasteiger partial charge in [0.2, 0.25) is 0 Å². The van der Waals surface area contributed by atoms with Gasteiger partial charge in [-0.2, -0.15) is 0 Å². The fraction of sp³-hybridized carbons (Fsp3) is 0.541. The molecule has 2 aliphatic rings. The second kappa shape index (κ2) is 14.8. The summed E-state index contributed by atoms with van der Waals surface area (Å²) in [5, 5.41) is 13.4. The summed E-state index contributed by atoms with van der Waals surface area (Å²) < 4.78 is 7.06. The molecule has 0 bridgehead atoms. The maximum Gasteiger partial charge on any atom is 0.261 e. The molecule has 0 aliphatic heterocycles. The van der Waals surface area contributed by atoms with Crippen LogP contribution in [0.1, 0.15) is 91.9 Å². The summed E-state index contributed by atoms with van der Waals surface area (Å²) in [5.41, 5.74) is 1.55. The van der Waals surface area contributed by atoms with Gasteiger partial charge in [-0.3, -0.25) is 4.79 Å². The normalized spacial score (nSPS) is 22.7. The smallest absolute Gasteiger partial charge is 0.261 e. The summed E-state index contributed by atoms with van der Waals surface area (Å²) in [4.78, 5) is 12.3. The number of aliphatic hydroxyl groups excluding tert-OH is 1. The molecule has 222 valence electrons. The Labute approximate surface area is 250 Å². The molecule has 0 aromatic heterocycles. The summed E-state index contributed by atoms with van der Waals surface area (Å²) in [6.07, 6.45) is 16.2. The number of aliphatic hydroxyl groups is 1. The molecule has 3 nitrogen and oxygen atoms in total. The Morgan fingerprint density at radius 3 is 2.22 bits per heavy atom. The van der Waals surface area contributed by atoms with E-state index in [1.54, 1.807) is 11.6 Å². The Morgan fingerprint density at radius 1 is 0.951 bits per heavy atom. The van der Waals surface area contributed by atoms with Gasteiger partial charge < -0.3 is 9.53 Å². The van der Waals surface area contributed by atoms with Crippen molar-refractivity contribution in [3.63, 3.8) is 0 Å². The van der Waals surface area contributed by atoms with E-state index in [-0.39, 0.29) is 22.8 Å². The number of unbranched alkanes of at least 4 members (excludes halogenated alkanes) is 4. The highest BCUT2D eigenvalue weighted by Crippen LogP contribution is 2.48. The second-order valence-corrected chi connectivity index (χ2v) is 17.6. The lowest BCUT2D eigenvalue weighted by Gasteiger charge is -2.43. The molecular weight excluding hydrogens is 520 g/mol. The Kier molecular flexibility index (Phi) is 11.4. The van der Waals surface area contributed by atoms with Crippen molar-refractivity contribution in [2.75, 3.05) is 6.61 Å². The maximum atomic E-state index is 12.3. The number of fused-ring (bicyclic) bond motifs is 1. The quantitative estimate of drug-likeness (QED) is 0.103. The number of hydrogen-bond donors (Lipinski definition) is 1. The van der Waals surface area contributed by atoms with Crippen LogP contribution in [0.4, 0.5) is 0 Å². The molecule has 0 saturated heterocycles. The lowest BCUT2D eigenvalue weighted by molar-refractivity contribution is -0.114. The minimum atomic E-state index is -2.46. The molecule has 0 amide bonds. The number of hydrogen-bond acceptors (Lipinski definition) is 3. The van der Waals surface area contributed by atoms with Gasteiger partial charge in [0.05, 0.1) is 6.10 Å². The van der Waals surface area contributed by atoms with Gasteiger partial charge in [0, 0.05) is 18.9 Å². The van der Waals surface area contributed by atoms with E-state index < -0.39 is 8.32 Å². The molecule has 0 radical (unpaired) electrons. The highest BCUT2D eigenvalue weighted by Gasteiger charge is 2.50. The third-order valence-electron chi connectivity index (χ3n) is 9.36. The van der Waals surface area contributed by atoms with Crippen LogP contribution in [0.25, 0.3) is 0 Å². The molecule has 2 aromatic carbocycles. The molecule has 4 heteroatoms. The van der Waals surface area contributed by atoms with E-state index in [9.17, 15) is 9.90 Å². The standard InChI is InChI=1S/C37H52O3Si/c1-5-6-10-18-31(38)23-24-34-35-27-29(26-30(35)28-36(34)39)17-11-9-16-25-40-41(37(2,3)4,32-19-12-7-13-20-32)33-21-14-8-15-22-33/h7-8,12-15,19-24,26,30,34-36,39H,5-6,9-11,16-18,25,27-28H2,1-4H3/b24-23+/t30-,34+,35-,36+/m0/s1. The second-order valence-electron chi connectivity index (χ2n) is 13.3. The number of carbonyl (C=O) groups excluding carboxylic acids is 1. The monoisotopic (exact) mass is 572 g/mol. The minimum Gasteiger partial charge on any atom is -0.407 e. The van der Waals surface area contributed by atoms with Crippen LogP contribution in [0.2, 0.25) is 5.04 Å². The van der Waals surface area contributed by atoms with Crippen molar-refractivity contribution >= 4 is 24.5 Å². The summed E-state index contributed by atoms with van der Waals surface area (Å²) >= 11 is 0. The van der Waals surface area contributed by atoms with Crippen LogP contribution < -0.4 is 10.4 Å². The van der Waals surface area contributed by atoms with Crippen LogP contribution in [-0.2, 0) is 9.22 Å². The molecule has 2 aliphatic carbocycles. The summed E-state index contributed by atoms with van der Waals surface area (Å²) in [7, 11) is -2.46. The molecule has 0 unspecified atom stereocenters. The van der Waals surface area contributed by atoms with E-state index in [1.165, 1.54) is 16.8 Å². The third kappa shape index (κ3) is 7.77. The highest BCUT2D eigenvalue weighted by atomic mass is 28.4. The van der Waals surface area contributed by atoms with Gasteiger partial charge in [0.1, 0.15) is 0 Å². The fourth-order valence-electron chi connectivity index (χ4n) is 7.26. The van der Waals surface area contributed by atoms with Crippen molar-refractivity contribution in [3.8, 4) is 0 Å². The molecule has 2 aromatic rings. The first-order valence-corrected chi connectivity index (χ1v) is 18.0. The molecule has 4 rings (SSSR count). The van der Waals surface area contributed by atoms with Gasteiger partial charge in [-0.25, -0.2) is 0 Å². The number of allylic oxidation sites excluding steroid dienone is 3. The van der Waals surface area contributed by atoms with Crippen molar-refractivity contribution in [3.05, 3.63) is 84.5 Å². The van der Waals surface area contributed by atoms with Gasteiger partial charge in [0.15, 0.2) is 5.78 Å². The van der Waals surface area contributed by atoms with Crippen LogP contribution in [0, 0.1) is 17.8 Å². The van der Waals surface area contributed by atoms with Gasteiger partial charge >= 0.3 is 0 Å². The fourth-order valence-corrected chi connectivity index (χ4v) is 11.9. The van der Waals surface area contributed by atoms with Crippen molar-refractivity contribution in [2.24, 2.45) is 17.8 Å². The number of carbonyl (C=O) groups is 1. The minimum absolute atomic E-state index is 0.0117. The number of rotatable bonds is 15. The molecule has 1 saturated carbocycles. The Morgan fingerprint density at radius 2 is 1.61 bits per heavy atom. The first-order chi connectivity index (χ1) is 19.8. The maximum absolute atomic E-state index is 12.3. The molecule has 41 heavy (non-hydrogen) atoms. The van der Waals surface area contributed by atoms with E-state index in [1.807, 2.05) is 6.08 Å². The molecular formula is C37H52O3Si. The van der Waals surface area contributed by atoms with Crippen molar-refractivity contribution in [1.29, 1.82) is 0 Å². The zero-order valence-corrected chi connectivity index (χ0v) is 26.9.